The molecule has 0 N–H and O–H groups in total. The Morgan fingerprint density at radius 2 is 1.31 bits per heavy atom. The van der Waals surface area contributed by atoms with E-state index in [1.165, 1.54) is 28.5 Å². The van der Waals surface area contributed by atoms with Crippen molar-refractivity contribution in [2.75, 3.05) is 7.05 Å². The molecule has 0 atom stereocenters. The average Bonchev–Trinajstić information content (AvgIpc) is 2.99. The van der Waals surface area contributed by atoms with Crippen molar-refractivity contribution in [2.24, 2.45) is 4.99 Å². The molecule has 0 saturated carbocycles. The van der Waals surface area contributed by atoms with E-state index in [0.717, 1.165) is 16.8 Å². The number of hydrogen-bond acceptors (Lipinski definition) is 3. The van der Waals surface area contributed by atoms with Crippen molar-refractivity contribution in [1.29, 1.82) is 0 Å². The molecule has 4 heteroatoms. The summed E-state index contributed by atoms with van der Waals surface area (Å²) in [6.45, 7) is 4.13. The van der Waals surface area contributed by atoms with Crippen molar-refractivity contribution in [3.8, 4) is 11.1 Å². The fourth-order valence-corrected chi connectivity index (χ4v) is 4.04. The molecular formula is C25H22N2OS. The van der Waals surface area contributed by atoms with Crippen molar-refractivity contribution < 1.29 is 4.79 Å². The van der Waals surface area contributed by atoms with E-state index in [9.17, 15) is 4.79 Å². The van der Waals surface area contributed by atoms with E-state index in [-0.39, 0.29) is 5.91 Å². The summed E-state index contributed by atoms with van der Waals surface area (Å²) in [4.78, 5) is 19.6. The summed E-state index contributed by atoms with van der Waals surface area (Å²) in [5.41, 5.74) is 6.64. The molecule has 0 spiro atoms. The van der Waals surface area contributed by atoms with Crippen LogP contribution >= 0.6 is 11.8 Å². The minimum Gasteiger partial charge on any atom is -0.290 e. The molecule has 0 aliphatic carbocycles. The van der Waals surface area contributed by atoms with E-state index in [4.69, 9.17) is 0 Å². The Morgan fingerprint density at radius 1 is 0.793 bits per heavy atom. The van der Waals surface area contributed by atoms with Gasteiger partial charge in [-0.15, -0.1) is 0 Å². The lowest BCUT2D eigenvalue weighted by Crippen LogP contribution is -2.23. The molecule has 1 amide bonds. The van der Waals surface area contributed by atoms with Gasteiger partial charge in [0.25, 0.3) is 5.91 Å². The first-order valence-electron chi connectivity index (χ1n) is 9.50. The second-order valence-corrected chi connectivity index (χ2v) is 8.20. The van der Waals surface area contributed by atoms with Gasteiger partial charge in [0.05, 0.1) is 10.6 Å². The first-order valence-corrected chi connectivity index (χ1v) is 10.3. The largest absolute Gasteiger partial charge is 0.290 e. The molecule has 1 fully saturated rings. The number of likely N-dealkylation sites (N-methyl/N-ethyl adjacent to an activating group) is 1. The minimum absolute atomic E-state index is 0.0246. The van der Waals surface area contributed by atoms with Crippen LogP contribution in [-0.2, 0) is 4.79 Å². The van der Waals surface area contributed by atoms with Gasteiger partial charge in [0.2, 0.25) is 0 Å². The van der Waals surface area contributed by atoms with Crippen molar-refractivity contribution in [1.82, 2.24) is 4.90 Å². The maximum absolute atomic E-state index is 12.6. The summed E-state index contributed by atoms with van der Waals surface area (Å²) in [5, 5.41) is 0.696. The number of amidine groups is 1. The molecule has 1 heterocycles. The number of amides is 1. The first kappa shape index (κ1) is 19.2. The van der Waals surface area contributed by atoms with Crippen LogP contribution < -0.4 is 0 Å². The summed E-state index contributed by atoms with van der Waals surface area (Å²) in [7, 11) is 1.77. The highest BCUT2D eigenvalue weighted by atomic mass is 32.2. The molecule has 0 unspecified atom stereocenters. The van der Waals surface area contributed by atoms with Gasteiger partial charge in [-0.3, -0.25) is 9.69 Å². The highest BCUT2D eigenvalue weighted by molar-refractivity contribution is 8.18. The first-order chi connectivity index (χ1) is 14.0. The molecule has 144 valence electrons. The molecule has 1 saturated heterocycles. The average molecular weight is 399 g/mol. The highest BCUT2D eigenvalue weighted by Gasteiger charge is 2.30. The van der Waals surface area contributed by atoms with Gasteiger partial charge in [-0.05, 0) is 60.5 Å². The Kier molecular flexibility index (Phi) is 5.36. The molecule has 0 bridgehead atoms. The number of carbonyl (C=O) groups is 1. The molecule has 0 radical (unpaired) electrons. The van der Waals surface area contributed by atoms with Crippen molar-refractivity contribution >= 4 is 34.6 Å². The number of aryl methyl sites for hydroxylation is 2. The quantitative estimate of drug-likeness (QED) is 0.492. The van der Waals surface area contributed by atoms with Crippen LogP contribution in [0.4, 0.5) is 5.69 Å². The third-order valence-electron chi connectivity index (χ3n) is 4.86. The SMILES string of the molecule is Cc1ccc(N=C2S/C(=C\c3ccc(-c4ccc(C)cc4)cc3)C(=O)N2C)cc1. The molecule has 3 aromatic carbocycles. The third kappa shape index (κ3) is 4.33. The number of thioether (sulfide) groups is 1. The number of nitrogens with zero attached hydrogens (tertiary/aromatic N) is 2. The van der Waals surface area contributed by atoms with Gasteiger partial charge >= 0.3 is 0 Å². The van der Waals surface area contributed by atoms with Gasteiger partial charge in [0.1, 0.15) is 0 Å². The zero-order chi connectivity index (χ0) is 20.4. The second-order valence-electron chi connectivity index (χ2n) is 7.19. The fraction of sp³-hybridized carbons (Fsp3) is 0.120. The van der Waals surface area contributed by atoms with Gasteiger partial charge in [-0.1, -0.05) is 71.8 Å². The standard InChI is InChI=1S/C25H22N2OS/c1-17-4-10-20(11-5-17)21-12-8-19(9-13-21)16-23-24(28)27(3)25(29-23)26-22-14-6-18(2)7-15-22/h4-16H,1-3H3/b23-16-,26-25?. The Hall–Kier alpha value is -3.11. The van der Waals surface area contributed by atoms with Gasteiger partial charge in [-0.25, -0.2) is 4.99 Å². The fourth-order valence-electron chi connectivity index (χ4n) is 3.05. The predicted molar refractivity (Wildman–Crippen MR) is 123 cm³/mol. The monoisotopic (exact) mass is 398 g/mol. The van der Waals surface area contributed by atoms with Crippen LogP contribution in [0.25, 0.3) is 17.2 Å². The smallest absolute Gasteiger partial charge is 0.266 e. The van der Waals surface area contributed by atoms with Crippen molar-refractivity contribution in [2.45, 2.75) is 13.8 Å². The summed E-state index contributed by atoms with van der Waals surface area (Å²) in [6, 6.07) is 24.7. The van der Waals surface area contributed by atoms with Crippen molar-refractivity contribution in [3.05, 3.63) is 94.4 Å². The topological polar surface area (TPSA) is 32.7 Å². The van der Waals surface area contributed by atoms with Crippen LogP contribution in [-0.4, -0.2) is 23.0 Å². The summed E-state index contributed by atoms with van der Waals surface area (Å²) < 4.78 is 0. The van der Waals surface area contributed by atoms with Gasteiger partial charge < -0.3 is 0 Å². The van der Waals surface area contributed by atoms with Gasteiger partial charge in [-0.2, -0.15) is 0 Å². The molecule has 4 rings (SSSR count). The lowest BCUT2D eigenvalue weighted by atomic mass is 10.0. The Bertz CT molecular complexity index is 1100. The number of carbonyl (C=O) groups excluding carboxylic acids is 1. The van der Waals surface area contributed by atoms with E-state index < -0.39 is 0 Å². The maximum Gasteiger partial charge on any atom is 0.266 e. The minimum atomic E-state index is -0.0246. The van der Waals surface area contributed by atoms with Crippen LogP contribution in [0.3, 0.4) is 0 Å². The van der Waals surface area contributed by atoms with Crippen LogP contribution in [0.15, 0.2) is 82.7 Å². The maximum atomic E-state index is 12.6. The zero-order valence-electron chi connectivity index (χ0n) is 16.7. The van der Waals surface area contributed by atoms with Crippen LogP contribution in [0.5, 0.6) is 0 Å². The predicted octanol–water partition coefficient (Wildman–Crippen LogP) is 6.20. The van der Waals surface area contributed by atoms with E-state index in [1.54, 1.807) is 11.9 Å². The number of rotatable bonds is 3. The van der Waals surface area contributed by atoms with E-state index in [1.807, 2.05) is 49.4 Å². The zero-order valence-corrected chi connectivity index (χ0v) is 17.5. The van der Waals surface area contributed by atoms with E-state index in [2.05, 4.69) is 48.3 Å². The summed E-state index contributed by atoms with van der Waals surface area (Å²) in [6.07, 6.45) is 1.93. The third-order valence-corrected chi connectivity index (χ3v) is 5.92. The van der Waals surface area contributed by atoms with E-state index in [0.29, 0.717) is 10.1 Å². The number of hydrogen-bond donors (Lipinski definition) is 0. The molecule has 29 heavy (non-hydrogen) atoms. The molecule has 1 aliphatic rings. The lowest BCUT2D eigenvalue weighted by molar-refractivity contribution is -0.121. The van der Waals surface area contributed by atoms with Crippen LogP contribution in [0.2, 0.25) is 0 Å². The Labute approximate surface area is 175 Å². The molecule has 3 aromatic rings. The van der Waals surface area contributed by atoms with Gasteiger partial charge in [0, 0.05) is 7.05 Å². The second kappa shape index (κ2) is 8.10. The Balaban J connectivity index is 1.55. The molecule has 1 aliphatic heterocycles. The molecular weight excluding hydrogens is 376 g/mol. The summed E-state index contributed by atoms with van der Waals surface area (Å²) in [5.74, 6) is -0.0246. The normalized spacial score (nSPS) is 16.8. The van der Waals surface area contributed by atoms with Gasteiger partial charge in [0.15, 0.2) is 5.17 Å². The molecule has 3 nitrogen and oxygen atoms in total. The lowest BCUT2D eigenvalue weighted by Gasteiger charge is -2.07. The number of aliphatic imine (C=N–C) groups is 1. The van der Waals surface area contributed by atoms with Crippen molar-refractivity contribution in [3.63, 3.8) is 0 Å². The highest BCUT2D eigenvalue weighted by Crippen LogP contribution is 2.33. The van der Waals surface area contributed by atoms with Crippen LogP contribution in [0, 0.1) is 13.8 Å². The molecule has 0 aromatic heterocycles. The van der Waals surface area contributed by atoms with Crippen LogP contribution in [0.1, 0.15) is 16.7 Å². The number of benzene rings is 3. The summed E-state index contributed by atoms with van der Waals surface area (Å²) >= 11 is 1.41. The Morgan fingerprint density at radius 3 is 1.90 bits per heavy atom. The van der Waals surface area contributed by atoms with E-state index >= 15 is 0 Å².